The van der Waals surface area contributed by atoms with Crippen LogP contribution in [0.3, 0.4) is 0 Å². The molecule has 0 bridgehead atoms. The third-order valence-corrected chi connectivity index (χ3v) is 4.99. The quantitative estimate of drug-likeness (QED) is 0.782. The van der Waals surface area contributed by atoms with Crippen LogP contribution in [-0.4, -0.2) is 25.0 Å². The SMILES string of the molecule is O=C(NC1CCCCC1)C1(c2ccc(Br)cc2)NCCN1. The summed E-state index contributed by atoms with van der Waals surface area (Å²) in [5, 5.41) is 9.95. The summed E-state index contributed by atoms with van der Waals surface area (Å²) in [4.78, 5) is 12.9. The van der Waals surface area contributed by atoms with E-state index in [0.29, 0.717) is 6.04 Å². The number of nitrogens with one attached hydrogen (secondary N) is 3. The second-order valence-corrected chi connectivity index (χ2v) is 6.83. The van der Waals surface area contributed by atoms with E-state index in [-0.39, 0.29) is 5.91 Å². The van der Waals surface area contributed by atoms with Crippen LogP contribution in [0.25, 0.3) is 0 Å². The topological polar surface area (TPSA) is 53.2 Å². The third kappa shape index (κ3) is 3.15. The summed E-state index contributed by atoms with van der Waals surface area (Å²) in [6, 6.07) is 8.27. The lowest BCUT2D eigenvalue weighted by molar-refractivity contribution is -0.129. The first-order valence-corrected chi connectivity index (χ1v) is 8.57. The highest BCUT2D eigenvalue weighted by molar-refractivity contribution is 9.10. The first kappa shape index (κ1) is 15.0. The Bertz CT molecular complexity index is 491. The molecule has 2 aliphatic rings. The minimum atomic E-state index is -0.780. The highest BCUT2D eigenvalue weighted by atomic mass is 79.9. The van der Waals surface area contributed by atoms with Crippen molar-refractivity contribution in [1.82, 2.24) is 16.0 Å². The number of halogens is 1. The Hall–Kier alpha value is -0.910. The Morgan fingerprint density at radius 3 is 2.33 bits per heavy atom. The number of carbonyl (C=O) groups is 1. The van der Waals surface area contributed by atoms with Crippen LogP contribution >= 0.6 is 15.9 Å². The predicted octanol–water partition coefficient (Wildman–Crippen LogP) is 2.24. The van der Waals surface area contributed by atoms with Crippen LogP contribution in [0, 0.1) is 0 Å². The third-order valence-electron chi connectivity index (χ3n) is 4.46. The van der Waals surface area contributed by atoms with E-state index >= 15 is 0 Å². The molecule has 0 spiro atoms. The first-order chi connectivity index (χ1) is 10.2. The second-order valence-electron chi connectivity index (χ2n) is 5.92. The molecule has 21 heavy (non-hydrogen) atoms. The van der Waals surface area contributed by atoms with Crippen LogP contribution in [0.15, 0.2) is 28.7 Å². The monoisotopic (exact) mass is 351 g/mol. The highest BCUT2D eigenvalue weighted by Gasteiger charge is 2.43. The van der Waals surface area contributed by atoms with E-state index in [1.165, 1.54) is 19.3 Å². The average Bonchev–Trinajstić information content (AvgIpc) is 3.00. The van der Waals surface area contributed by atoms with Gasteiger partial charge in [-0.2, -0.15) is 0 Å². The molecule has 3 rings (SSSR count). The molecule has 5 heteroatoms. The van der Waals surface area contributed by atoms with Gasteiger partial charge in [0, 0.05) is 23.6 Å². The molecule has 4 nitrogen and oxygen atoms in total. The number of amides is 1. The van der Waals surface area contributed by atoms with E-state index in [9.17, 15) is 4.79 Å². The molecular formula is C16H22BrN3O. The molecule has 1 amide bonds. The van der Waals surface area contributed by atoms with E-state index in [1.54, 1.807) is 0 Å². The molecule has 2 fully saturated rings. The molecule has 1 aliphatic carbocycles. The maximum absolute atomic E-state index is 12.9. The van der Waals surface area contributed by atoms with Crippen molar-refractivity contribution >= 4 is 21.8 Å². The normalized spacial score (nSPS) is 22.1. The van der Waals surface area contributed by atoms with Crippen molar-refractivity contribution in [2.24, 2.45) is 0 Å². The zero-order chi connectivity index (χ0) is 14.7. The van der Waals surface area contributed by atoms with Crippen molar-refractivity contribution in [3.8, 4) is 0 Å². The van der Waals surface area contributed by atoms with Crippen LogP contribution in [0.4, 0.5) is 0 Å². The van der Waals surface area contributed by atoms with Gasteiger partial charge in [-0.25, -0.2) is 0 Å². The van der Waals surface area contributed by atoms with Gasteiger partial charge in [0.1, 0.15) is 0 Å². The number of carbonyl (C=O) groups excluding carboxylic acids is 1. The fourth-order valence-electron chi connectivity index (χ4n) is 3.30. The standard InChI is InChI=1S/C16H22BrN3O/c17-13-8-6-12(7-9-13)16(18-10-11-19-16)15(21)20-14-4-2-1-3-5-14/h6-9,14,18-19H,1-5,10-11H2,(H,20,21). The van der Waals surface area contributed by atoms with E-state index in [1.807, 2.05) is 24.3 Å². The van der Waals surface area contributed by atoms with Crippen molar-refractivity contribution in [3.05, 3.63) is 34.3 Å². The minimum Gasteiger partial charge on any atom is -0.350 e. The average molecular weight is 352 g/mol. The summed E-state index contributed by atoms with van der Waals surface area (Å²) in [6.07, 6.45) is 5.93. The number of benzene rings is 1. The fourth-order valence-corrected chi connectivity index (χ4v) is 3.56. The van der Waals surface area contributed by atoms with Gasteiger partial charge in [0.05, 0.1) is 0 Å². The van der Waals surface area contributed by atoms with Crippen molar-refractivity contribution in [1.29, 1.82) is 0 Å². The van der Waals surface area contributed by atoms with Gasteiger partial charge in [0.25, 0.3) is 5.91 Å². The van der Waals surface area contributed by atoms with Gasteiger partial charge in [0.2, 0.25) is 0 Å². The fraction of sp³-hybridized carbons (Fsp3) is 0.562. The van der Waals surface area contributed by atoms with Crippen LogP contribution < -0.4 is 16.0 Å². The molecule has 1 saturated carbocycles. The molecule has 1 saturated heterocycles. The molecule has 1 aromatic rings. The maximum Gasteiger partial charge on any atom is 0.260 e. The number of hydrogen-bond donors (Lipinski definition) is 3. The molecule has 1 heterocycles. The number of hydrogen-bond acceptors (Lipinski definition) is 3. The van der Waals surface area contributed by atoms with Crippen molar-refractivity contribution in [3.63, 3.8) is 0 Å². The Balaban J connectivity index is 1.79. The summed E-state index contributed by atoms with van der Waals surface area (Å²) >= 11 is 3.45. The van der Waals surface area contributed by atoms with Gasteiger partial charge < -0.3 is 5.32 Å². The minimum absolute atomic E-state index is 0.0502. The first-order valence-electron chi connectivity index (χ1n) is 7.78. The van der Waals surface area contributed by atoms with Gasteiger partial charge >= 0.3 is 0 Å². The Labute approximate surface area is 134 Å². The van der Waals surface area contributed by atoms with E-state index < -0.39 is 5.66 Å². The highest BCUT2D eigenvalue weighted by Crippen LogP contribution is 2.25. The van der Waals surface area contributed by atoms with Gasteiger partial charge in [-0.1, -0.05) is 47.3 Å². The van der Waals surface area contributed by atoms with Crippen LogP contribution in [0.5, 0.6) is 0 Å². The molecule has 0 unspecified atom stereocenters. The van der Waals surface area contributed by atoms with E-state index in [4.69, 9.17) is 0 Å². The summed E-state index contributed by atoms with van der Waals surface area (Å²) in [5.74, 6) is 0.0502. The molecule has 1 aliphatic heterocycles. The molecule has 0 aromatic heterocycles. The Morgan fingerprint density at radius 2 is 1.71 bits per heavy atom. The van der Waals surface area contributed by atoms with Crippen molar-refractivity contribution < 1.29 is 4.79 Å². The lowest BCUT2D eigenvalue weighted by Crippen LogP contribution is -2.59. The smallest absolute Gasteiger partial charge is 0.260 e. The number of rotatable bonds is 3. The van der Waals surface area contributed by atoms with Crippen LogP contribution in [0.1, 0.15) is 37.7 Å². The van der Waals surface area contributed by atoms with E-state index in [2.05, 4.69) is 31.9 Å². The summed E-state index contributed by atoms with van der Waals surface area (Å²) in [6.45, 7) is 1.60. The van der Waals surface area contributed by atoms with E-state index in [0.717, 1.165) is 36.0 Å². The lowest BCUT2D eigenvalue weighted by atomic mass is 9.93. The van der Waals surface area contributed by atoms with Gasteiger partial charge in [-0.3, -0.25) is 15.4 Å². The lowest BCUT2D eigenvalue weighted by Gasteiger charge is -2.32. The molecule has 114 valence electrons. The summed E-state index contributed by atoms with van der Waals surface area (Å²) in [7, 11) is 0. The molecule has 0 atom stereocenters. The van der Waals surface area contributed by atoms with Gasteiger partial charge in [0.15, 0.2) is 5.66 Å². The van der Waals surface area contributed by atoms with Gasteiger partial charge in [-0.05, 0) is 30.5 Å². The maximum atomic E-state index is 12.9. The molecule has 1 aromatic carbocycles. The predicted molar refractivity (Wildman–Crippen MR) is 86.8 cm³/mol. The second kappa shape index (κ2) is 6.46. The molecule has 0 radical (unpaired) electrons. The van der Waals surface area contributed by atoms with Crippen molar-refractivity contribution in [2.75, 3.05) is 13.1 Å². The Morgan fingerprint density at radius 1 is 1.10 bits per heavy atom. The zero-order valence-corrected chi connectivity index (χ0v) is 13.7. The van der Waals surface area contributed by atoms with Gasteiger partial charge in [-0.15, -0.1) is 0 Å². The van der Waals surface area contributed by atoms with Crippen molar-refractivity contribution in [2.45, 2.75) is 43.8 Å². The van der Waals surface area contributed by atoms with Crippen LogP contribution in [-0.2, 0) is 10.5 Å². The summed E-state index contributed by atoms with van der Waals surface area (Å²) < 4.78 is 1.02. The zero-order valence-electron chi connectivity index (χ0n) is 12.1. The summed E-state index contributed by atoms with van der Waals surface area (Å²) in [5.41, 5.74) is 0.189. The largest absolute Gasteiger partial charge is 0.350 e. The van der Waals surface area contributed by atoms with Crippen LogP contribution in [0.2, 0.25) is 0 Å². The Kier molecular flexibility index (Phi) is 4.62. The molecular weight excluding hydrogens is 330 g/mol. The molecule has 3 N–H and O–H groups in total.